The zero-order valence-electron chi connectivity index (χ0n) is 12.3. The lowest BCUT2D eigenvalue weighted by Gasteiger charge is -2.28. The Bertz CT molecular complexity index is 389. The van der Waals surface area contributed by atoms with Gasteiger partial charge in [-0.3, -0.25) is 4.79 Å². The summed E-state index contributed by atoms with van der Waals surface area (Å²) in [5, 5.41) is 2.89. The quantitative estimate of drug-likeness (QED) is 0.790. The Morgan fingerprint density at radius 2 is 2.21 bits per heavy atom. The fourth-order valence-electron chi connectivity index (χ4n) is 3.04. The number of nitrogens with one attached hydrogen (secondary N) is 1. The summed E-state index contributed by atoms with van der Waals surface area (Å²) in [6.45, 7) is 8.84. The third kappa shape index (κ3) is 2.69. The molecule has 0 bridgehead atoms. The summed E-state index contributed by atoms with van der Waals surface area (Å²) in [7, 11) is 0. The maximum Gasteiger partial charge on any atom is 0.410 e. The maximum absolute atomic E-state index is 12.2. The normalized spacial score (nSPS) is 30.8. The summed E-state index contributed by atoms with van der Waals surface area (Å²) in [5.41, 5.74) is -0.874. The first-order chi connectivity index (χ1) is 8.77. The fourth-order valence-corrected chi connectivity index (χ4v) is 3.04. The van der Waals surface area contributed by atoms with E-state index in [2.05, 4.69) is 5.32 Å². The van der Waals surface area contributed by atoms with Gasteiger partial charge >= 0.3 is 6.09 Å². The summed E-state index contributed by atoms with van der Waals surface area (Å²) >= 11 is 0. The van der Waals surface area contributed by atoms with E-state index in [0.29, 0.717) is 6.54 Å². The molecule has 2 aliphatic heterocycles. The van der Waals surface area contributed by atoms with Crippen molar-refractivity contribution in [3.8, 4) is 0 Å². The molecule has 1 spiro atoms. The number of hydrogen-bond donors (Lipinski definition) is 1. The smallest absolute Gasteiger partial charge is 0.410 e. The van der Waals surface area contributed by atoms with E-state index in [9.17, 15) is 9.59 Å². The van der Waals surface area contributed by atoms with Crippen molar-refractivity contribution in [1.82, 2.24) is 10.2 Å². The van der Waals surface area contributed by atoms with Crippen molar-refractivity contribution in [2.45, 2.75) is 58.6 Å². The van der Waals surface area contributed by atoms with Crippen LogP contribution in [0.2, 0.25) is 0 Å². The summed E-state index contributed by atoms with van der Waals surface area (Å²) in [6.07, 6.45) is 2.14. The van der Waals surface area contributed by atoms with Crippen LogP contribution < -0.4 is 5.32 Å². The maximum atomic E-state index is 12.2. The minimum Gasteiger partial charge on any atom is -0.444 e. The molecule has 0 aromatic carbocycles. The average Bonchev–Trinajstić information content (AvgIpc) is 2.83. The molecule has 5 nitrogen and oxygen atoms in total. The van der Waals surface area contributed by atoms with Crippen LogP contribution in [0.5, 0.6) is 0 Å². The SMILES string of the molecule is CC[C@@H]1C[C@@]2(CCNC2=O)CN1C(=O)OC(C)(C)C. The molecule has 2 amide bonds. The van der Waals surface area contributed by atoms with E-state index in [1.165, 1.54) is 0 Å². The van der Waals surface area contributed by atoms with Crippen LogP contribution in [0.4, 0.5) is 4.79 Å². The number of amides is 2. The molecule has 2 fully saturated rings. The third-order valence-corrected chi connectivity index (χ3v) is 4.01. The summed E-state index contributed by atoms with van der Waals surface area (Å²) < 4.78 is 5.45. The van der Waals surface area contributed by atoms with Crippen LogP contribution in [0.3, 0.4) is 0 Å². The van der Waals surface area contributed by atoms with E-state index in [-0.39, 0.29) is 23.5 Å². The van der Waals surface area contributed by atoms with Gasteiger partial charge in [-0.15, -0.1) is 0 Å². The monoisotopic (exact) mass is 268 g/mol. The van der Waals surface area contributed by atoms with Crippen molar-refractivity contribution in [1.29, 1.82) is 0 Å². The van der Waals surface area contributed by atoms with Gasteiger partial charge in [0.25, 0.3) is 0 Å². The van der Waals surface area contributed by atoms with E-state index in [1.807, 2.05) is 27.7 Å². The predicted molar refractivity (Wildman–Crippen MR) is 71.7 cm³/mol. The van der Waals surface area contributed by atoms with E-state index in [4.69, 9.17) is 4.74 Å². The van der Waals surface area contributed by atoms with Gasteiger partial charge in [0.15, 0.2) is 0 Å². The highest BCUT2D eigenvalue weighted by molar-refractivity contribution is 5.86. The molecule has 0 aliphatic carbocycles. The van der Waals surface area contributed by atoms with Gasteiger partial charge in [0.1, 0.15) is 5.60 Å². The van der Waals surface area contributed by atoms with E-state index in [1.54, 1.807) is 4.90 Å². The lowest BCUT2D eigenvalue weighted by molar-refractivity contribution is -0.127. The number of likely N-dealkylation sites (tertiary alicyclic amines) is 1. The van der Waals surface area contributed by atoms with Crippen LogP contribution in [0.25, 0.3) is 0 Å². The average molecular weight is 268 g/mol. The first kappa shape index (κ1) is 14.2. The molecule has 2 saturated heterocycles. The molecule has 2 heterocycles. The van der Waals surface area contributed by atoms with Crippen LogP contribution in [0, 0.1) is 5.41 Å². The third-order valence-electron chi connectivity index (χ3n) is 4.01. The molecule has 2 atom stereocenters. The Hall–Kier alpha value is -1.26. The zero-order valence-corrected chi connectivity index (χ0v) is 12.3. The molecule has 0 aromatic heterocycles. The second-order valence-corrected chi connectivity index (χ2v) is 6.66. The highest BCUT2D eigenvalue weighted by Crippen LogP contribution is 2.42. The van der Waals surface area contributed by atoms with Gasteiger partial charge in [-0.25, -0.2) is 4.79 Å². The number of rotatable bonds is 1. The van der Waals surface area contributed by atoms with Crippen LogP contribution in [-0.2, 0) is 9.53 Å². The molecule has 0 unspecified atom stereocenters. The van der Waals surface area contributed by atoms with Gasteiger partial charge in [-0.2, -0.15) is 0 Å². The first-order valence-electron chi connectivity index (χ1n) is 7.05. The molecule has 2 aliphatic rings. The number of carbonyl (C=O) groups is 2. The summed E-state index contributed by atoms with van der Waals surface area (Å²) in [4.78, 5) is 26.0. The van der Waals surface area contributed by atoms with E-state index >= 15 is 0 Å². The number of carbonyl (C=O) groups excluding carboxylic acids is 2. The standard InChI is InChI=1S/C14H24N2O3/c1-5-10-8-14(6-7-15-11(14)17)9-16(10)12(18)19-13(2,3)4/h10H,5-9H2,1-4H3,(H,15,17)/t10-,14+/m1/s1. The zero-order chi connectivity index (χ0) is 14.3. The highest BCUT2D eigenvalue weighted by atomic mass is 16.6. The molecular formula is C14H24N2O3. The van der Waals surface area contributed by atoms with Crippen LogP contribution in [0.15, 0.2) is 0 Å². The topological polar surface area (TPSA) is 58.6 Å². The van der Waals surface area contributed by atoms with E-state index < -0.39 is 5.60 Å². The van der Waals surface area contributed by atoms with Crippen LogP contribution in [-0.4, -0.2) is 41.6 Å². The van der Waals surface area contributed by atoms with Crippen molar-refractivity contribution in [3.63, 3.8) is 0 Å². The molecule has 1 N–H and O–H groups in total. The van der Waals surface area contributed by atoms with Crippen molar-refractivity contribution >= 4 is 12.0 Å². The first-order valence-corrected chi connectivity index (χ1v) is 7.05. The van der Waals surface area contributed by atoms with Gasteiger partial charge in [0.05, 0.1) is 5.41 Å². The summed E-state index contributed by atoms with van der Waals surface area (Å²) in [6, 6.07) is 0.110. The Kier molecular flexibility index (Phi) is 3.49. The van der Waals surface area contributed by atoms with Gasteiger partial charge in [-0.1, -0.05) is 6.92 Å². The molecule has 2 rings (SSSR count). The minimum atomic E-state index is -0.497. The largest absolute Gasteiger partial charge is 0.444 e. The second kappa shape index (κ2) is 4.69. The van der Waals surface area contributed by atoms with Crippen molar-refractivity contribution in [3.05, 3.63) is 0 Å². The molecule has 0 aromatic rings. The second-order valence-electron chi connectivity index (χ2n) is 6.66. The highest BCUT2D eigenvalue weighted by Gasteiger charge is 2.52. The molecular weight excluding hydrogens is 244 g/mol. The lowest BCUT2D eigenvalue weighted by atomic mass is 9.83. The Morgan fingerprint density at radius 3 is 2.68 bits per heavy atom. The van der Waals surface area contributed by atoms with Crippen LogP contribution >= 0.6 is 0 Å². The molecule has 19 heavy (non-hydrogen) atoms. The molecule has 0 saturated carbocycles. The number of nitrogens with zero attached hydrogens (tertiary/aromatic N) is 1. The molecule has 0 radical (unpaired) electrons. The van der Waals surface area contributed by atoms with E-state index in [0.717, 1.165) is 25.8 Å². The van der Waals surface area contributed by atoms with Crippen molar-refractivity contribution in [2.75, 3.05) is 13.1 Å². The van der Waals surface area contributed by atoms with Gasteiger partial charge < -0.3 is 15.0 Å². The van der Waals surface area contributed by atoms with Gasteiger partial charge in [-0.05, 0) is 40.0 Å². The van der Waals surface area contributed by atoms with Crippen molar-refractivity contribution in [2.24, 2.45) is 5.41 Å². The minimum absolute atomic E-state index is 0.0945. The van der Waals surface area contributed by atoms with Crippen molar-refractivity contribution < 1.29 is 14.3 Å². The number of ether oxygens (including phenoxy) is 1. The summed E-state index contributed by atoms with van der Waals surface area (Å²) in [5.74, 6) is 0.0945. The Morgan fingerprint density at radius 1 is 1.53 bits per heavy atom. The Balaban J connectivity index is 2.12. The van der Waals surface area contributed by atoms with Crippen LogP contribution in [0.1, 0.15) is 47.0 Å². The lowest BCUT2D eigenvalue weighted by Crippen LogP contribution is -2.41. The fraction of sp³-hybridized carbons (Fsp3) is 0.857. The number of hydrogen-bond acceptors (Lipinski definition) is 3. The Labute approximate surface area is 114 Å². The molecule has 5 heteroatoms. The van der Waals surface area contributed by atoms with Gasteiger partial charge in [0.2, 0.25) is 5.91 Å². The molecule has 108 valence electrons. The predicted octanol–water partition coefficient (Wildman–Crippen LogP) is 1.91. The van der Waals surface area contributed by atoms with Gasteiger partial charge in [0, 0.05) is 19.1 Å².